The van der Waals surface area contributed by atoms with Crippen LogP contribution in [0.25, 0.3) is 0 Å². The number of hydrogen-bond donors (Lipinski definition) is 0. The van der Waals surface area contributed by atoms with Crippen molar-refractivity contribution in [2.24, 2.45) is 0 Å². The van der Waals surface area contributed by atoms with Gasteiger partial charge in [0.25, 0.3) is 0 Å². The van der Waals surface area contributed by atoms with Crippen LogP contribution in [0.15, 0.2) is 12.2 Å². The van der Waals surface area contributed by atoms with Crippen LogP contribution in [0.5, 0.6) is 0 Å². The third kappa shape index (κ3) is 0.618. The zero-order chi connectivity index (χ0) is 4.41. The van der Waals surface area contributed by atoms with E-state index in [0.29, 0.717) is 0 Å². The Morgan fingerprint density at radius 3 is 2.83 bits per heavy atom. The Labute approximate surface area is 41.5 Å². The van der Waals surface area contributed by atoms with Gasteiger partial charge >= 0.3 is 0 Å². The predicted octanol–water partition coefficient (Wildman–Crippen LogP) is 1.64. The smallest absolute Gasteiger partial charge is 0.0395 e. The van der Waals surface area contributed by atoms with Gasteiger partial charge in [-0.1, -0.05) is 17.3 Å². The third-order valence-electron chi connectivity index (χ3n) is 0.701. The lowest BCUT2D eigenvalue weighted by Gasteiger charge is -1.79. The molecule has 0 unspecified atom stereocenters. The second-order valence-electron chi connectivity index (χ2n) is 1.36. The van der Waals surface area contributed by atoms with Crippen molar-refractivity contribution in [2.75, 3.05) is 5.75 Å². The standard InChI is InChI=1S/C5H6S/c1-5-2-3-6-4-5/h1-2,4H2. The first-order valence-corrected chi connectivity index (χ1v) is 2.89. The fraction of sp³-hybridized carbons (Fsp3) is 0.400. The molecular formula is C5H6S. The Morgan fingerprint density at radius 1 is 1.83 bits per heavy atom. The van der Waals surface area contributed by atoms with E-state index in [1.165, 1.54) is 5.57 Å². The minimum atomic E-state index is 1.00. The molecule has 1 rings (SSSR count). The summed E-state index contributed by atoms with van der Waals surface area (Å²) in [4.78, 5) is 0. The SMILES string of the molecule is C=C1CC#SC1. The quantitative estimate of drug-likeness (QED) is 0.404. The summed E-state index contributed by atoms with van der Waals surface area (Å²) < 4.78 is 0. The lowest BCUT2D eigenvalue weighted by Crippen LogP contribution is -1.70. The van der Waals surface area contributed by atoms with Gasteiger partial charge in [0.2, 0.25) is 0 Å². The second-order valence-corrected chi connectivity index (χ2v) is 2.23. The summed E-state index contributed by atoms with van der Waals surface area (Å²) >= 11 is 1.73. The molecule has 0 saturated heterocycles. The molecule has 0 amide bonds. The molecule has 0 radical (unpaired) electrons. The summed E-state index contributed by atoms with van der Waals surface area (Å²) in [7, 11) is 0. The zero-order valence-electron chi connectivity index (χ0n) is 3.53. The van der Waals surface area contributed by atoms with Crippen molar-refractivity contribution >= 4 is 11.2 Å². The molecule has 0 aromatic carbocycles. The van der Waals surface area contributed by atoms with Crippen LogP contribution in [0, 0.1) is 5.18 Å². The maximum Gasteiger partial charge on any atom is 0.0395 e. The van der Waals surface area contributed by atoms with Crippen LogP contribution in [-0.2, 0) is 0 Å². The van der Waals surface area contributed by atoms with Crippen molar-refractivity contribution in [3.05, 3.63) is 12.2 Å². The molecule has 0 aromatic rings. The van der Waals surface area contributed by atoms with Crippen LogP contribution in [0.2, 0.25) is 0 Å². The molecule has 1 aliphatic heterocycles. The van der Waals surface area contributed by atoms with E-state index < -0.39 is 0 Å². The summed E-state index contributed by atoms with van der Waals surface area (Å²) in [6, 6.07) is 0. The highest BCUT2D eigenvalue weighted by Gasteiger charge is 1.91. The molecule has 0 aromatic heterocycles. The maximum absolute atomic E-state index is 3.77. The van der Waals surface area contributed by atoms with Crippen LogP contribution in [-0.4, -0.2) is 5.75 Å². The fourth-order valence-corrected chi connectivity index (χ4v) is 1.07. The van der Waals surface area contributed by atoms with Gasteiger partial charge in [0.05, 0.1) is 0 Å². The highest BCUT2D eigenvalue weighted by atomic mass is 32.1. The molecule has 0 N–H and O–H groups in total. The van der Waals surface area contributed by atoms with E-state index in [4.69, 9.17) is 0 Å². The van der Waals surface area contributed by atoms with E-state index >= 15 is 0 Å². The summed E-state index contributed by atoms with van der Waals surface area (Å²) in [5.41, 5.74) is 1.31. The third-order valence-corrected chi connectivity index (χ3v) is 1.60. The van der Waals surface area contributed by atoms with Crippen molar-refractivity contribution in [1.29, 1.82) is 0 Å². The molecule has 0 atom stereocenters. The Kier molecular flexibility index (Phi) is 0.952. The predicted molar refractivity (Wildman–Crippen MR) is 30.1 cm³/mol. The molecule has 1 heteroatoms. The van der Waals surface area contributed by atoms with Crippen LogP contribution < -0.4 is 0 Å². The van der Waals surface area contributed by atoms with Gasteiger partial charge in [-0.2, -0.15) is 0 Å². The van der Waals surface area contributed by atoms with Crippen LogP contribution in [0.4, 0.5) is 0 Å². The monoisotopic (exact) mass is 98.0 g/mol. The number of rotatable bonds is 0. The fourth-order valence-electron chi connectivity index (χ4n) is 0.357. The van der Waals surface area contributed by atoms with Gasteiger partial charge in [-0.15, -0.1) is 11.2 Å². The van der Waals surface area contributed by atoms with Crippen LogP contribution >= 0.6 is 11.2 Å². The molecule has 0 fully saturated rings. The topological polar surface area (TPSA) is 0 Å². The first kappa shape index (κ1) is 3.91. The molecule has 32 valence electrons. The Hall–Kier alpha value is -0.260. The molecule has 0 spiro atoms. The van der Waals surface area contributed by atoms with E-state index in [0.717, 1.165) is 12.2 Å². The maximum atomic E-state index is 3.77. The van der Waals surface area contributed by atoms with E-state index in [1.54, 1.807) is 11.2 Å². The molecule has 6 heavy (non-hydrogen) atoms. The van der Waals surface area contributed by atoms with Gasteiger partial charge in [0.15, 0.2) is 0 Å². The molecule has 0 aliphatic carbocycles. The molecule has 1 heterocycles. The largest absolute Gasteiger partial charge is 0.130 e. The second kappa shape index (κ2) is 1.46. The average Bonchev–Trinajstić information content (AvgIpc) is 1.86. The van der Waals surface area contributed by atoms with E-state index in [-0.39, 0.29) is 0 Å². The summed E-state index contributed by atoms with van der Waals surface area (Å²) in [5, 5.41) is 3.09. The highest BCUT2D eigenvalue weighted by Crippen LogP contribution is 2.07. The van der Waals surface area contributed by atoms with Gasteiger partial charge in [-0.25, -0.2) is 0 Å². The van der Waals surface area contributed by atoms with Crippen molar-refractivity contribution < 1.29 is 0 Å². The van der Waals surface area contributed by atoms with Crippen molar-refractivity contribution in [3.8, 4) is 5.18 Å². The lowest BCUT2D eigenvalue weighted by molar-refractivity contribution is 1.31. The molecule has 0 saturated carbocycles. The average molecular weight is 98.2 g/mol. The Bertz CT molecular complexity index is 113. The summed E-state index contributed by atoms with van der Waals surface area (Å²) in [5.74, 6) is 1.10. The van der Waals surface area contributed by atoms with Gasteiger partial charge in [0.1, 0.15) is 0 Å². The van der Waals surface area contributed by atoms with E-state index in [1.807, 2.05) is 0 Å². The summed E-state index contributed by atoms with van der Waals surface area (Å²) in [6.07, 6.45) is 1.00. The Balaban J connectivity index is 2.58. The molecule has 1 aliphatic rings. The van der Waals surface area contributed by atoms with Gasteiger partial charge in [-0.3, -0.25) is 0 Å². The molecular weight excluding hydrogens is 92.1 g/mol. The Morgan fingerprint density at radius 2 is 2.67 bits per heavy atom. The molecule has 0 nitrogen and oxygen atoms in total. The first-order chi connectivity index (χ1) is 2.89. The lowest BCUT2D eigenvalue weighted by atomic mass is 10.3. The van der Waals surface area contributed by atoms with Crippen molar-refractivity contribution in [3.63, 3.8) is 0 Å². The van der Waals surface area contributed by atoms with Gasteiger partial charge in [-0.05, 0) is 0 Å². The van der Waals surface area contributed by atoms with Crippen LogP contribution in [0.3, 0.4) is 0 Å². The zero-order valence-corrected chi connectivity index (χ0v) is 4.35. The summed E-state index contributed by atoms with van der Waals surface area (Å²) in [6.45, 7) is 3.77. The van der Waals surface area contributed by atoms with Crippen LogP contribution in [0.1, 0.15) is 6.42 Å². The van der Waals surface area contributed by atoms with Crippen molar-refractivity contribution in [2.45, 2.75) is 6.42 Å². The highest BCUT2D eigenvalue weighted by molar-refractivity contribution is 7.89. The minimum Gasteiger partial charge on any atom is -0.130 e. The van der Waals surface area contributed by atoms with Gasteiger partial charge in [0, 0.05) is 12.2 Å². The normalized spacial score (nSPS) is 18.3. The van der Waals surface area contributed by atoms with Crippen molar-refractivity contribution in [1.82, 2.24) is 0 Å². The first-order valence-electron chi connectivity index (χ1n) is 1.91. The molecule has 0 bridgehead atoms. The number of hydrogen-bond acceptors (Lipinski definition) is 0. The van der Waals surface area contributed by atoms with E-state index in [9.17, 15) is 0 Å². The van der Waals surface area contributed by atoms with E-state index in [2.05, 4.69) is 11.8 Å². The van der Waals surface area contributed by atoms with Gasteiger partial charge < -0.3 is 0 Å². The minimum absolute atomic E-state index is 1.00.